The molecule has 0 saturated carbocycles. The second-order valence-corrected chi connectivity index (χ2v) is 6.61. The topological polar surface area (TPSA) is 191 Å². The van der Waals surface area contributed by atoms with Crippen molar-refractivity contribution >= 4 is 16.2 Å². The number of benzene rings is 2. The van der Waals surface area contributed by atoms with E-state index in [1.165, 1.54) is 0 Å². The summed E-state index contributed by atoms with van der Waals surface area (Å²) >= 11 is 0. The van der Waals surface area contributed by atoms with Crippen molar-refractivity contribution in [2.45, 2.75) is 12.2 Å². The quantitative estimate of drug-likeness (QED) is 0.390. The lowest BCUT2D eigenvalue weighted by atomic mass is 9.92. The van der Waals surface area contributed by atoms with E-state index in [1.54, 1.807) is 0 Å². The van der Waals surface area contributed by atoms with Gasteiger partial charge in [-0.2, -0.15) is 8.42 Å². The van der Waals surface area contributed by atoms with Gasteiger partial charge >= 0.3 is 10.4 Å². The van der Waals surface area contributed by atoms with Crippen LogP contribution in [0.5, 0.6) is 34.5 Å². The van der Waals surface area contributed by atoms with E-state index in [9.17, 15) is 38.7 Å². The first-order chi connectivity index (χ1) is 12.5. The Hall–Kier alpha value is -3.22. The number of Topliss-reactive ketones (excluding diaryl/α,β-unsaturated/α-hetero) is 1. The first-order valence-corrected chi connectivity index (χ1v) is 8.52. The van der Waals surface area contributed by atoms with Crippen LogP contribution >= 0.6 is 0 Å². The third-order valence-electron chi connectivity index (χ3n) is 3.71. The summed E-state index contributed by atoms with van der Waals surface area (Å²) in [4.78, 5) is 12.3. The number of carbonyl (C=O) groups excluding carboxylic acids is 1. The Morgan fingerprint density at radius 1 is 0.963 bits per heavy atom. The van der Waals surface area contributed by atoms with Gasteiger partial charge < -0.3 is 34.5 Å². The third-order valence-corrected chi connectivity index (χ3v) is 4.09. The molecule has 0 spiro atoms. The summed E-state index contributed by atoms with van der Waals surface area (Å²) in [6.45, 7) is 0. The van der Waals surface area contributed by atoms with Crippen LogP contribution in [0.3, 0.4) is 0 Å². The molecule has 2 atom stereocenters. The molecule has 0 saturated heterocycles. The lowest BCUT2D eigenvalue weighted by Gasteiger charge is -2.30. The van der Waals surface area contributed by atoms with Gasteiger partial charge in [0, 0.05) is 17.7 Å². The molecular formula is C15H12O11S. The van der Waals surface area contributed by atoms with Crippen molar-refractivity contribution in [2.24, 2.45) is 0 Å². The highest BCUT2D eigenvalue weighted by Crippen LogP contribution is 2.45. The molecule has 0 aromatic heterocycles. The highest BCUT2D eigenvalue weighted by atomic mass is 32.3. The Bertz CT molecular complexity index is 1020. The molecule has 2 aromatic rings. The molecule has 2 unspecified atom stereocenters. The lowest BCUT2D eigenvalue weighted by molar-refractivity contribution is 0.0209. The fourth-order valence-electron chi connectivity index (χ4n) is 2.64. The molecule has 6 N–H and O–H groups in total. The maximum Gasteiger partial charge on any atom is 0.446 e. The molecule has 0 bridgehead atoms. The van der Waals surface area contributed by atoms with Gasteiger partial charge in [0.15, 0.2) is 23.7 Å². The summed E-state index contributed by atoms with van der Waals surface area (Å²) in [7, 11) is -5.04. The third kappa shape index (κ3) is 3.40. The van der Waals surface area contributed by atoms with E-state index < -0.39 is 57.1 Å². The van der Waals surface area contributed by atoms with Crippen molar-refractivity contribution in [3.8, 4) is 34.5 Å². The van der Waals surface area contributed by atoms with E-state index >= 15 is 0 Å². The van der Waals surface area contributed by atoms with Gasteiger partial charge in [-0.05, 0) is 12.1 Å². The van der Waals surface area contributed by atoms with Gasteiger partial charge in [0.05, 0.1) is 0 Å². The average Bonchev–Trinajstić information content (AvgIpc) is 2.52. The molecular weight excluding hydrogens is 388 g/mol. The average molecular weight is 400 g/mol. The number of aromatic hydroxyl groups is 4. The fourth-order valence-corrected chi connectivity index (χ4v) is 3.02. The zero-order valence-electron chi connectivity index (χ0n) is 13.1. The van der Waals surface area contributed by atoms with Crippen LogP contribution in [0.4, 0.5) is 0 Å². The summed E-state index contributed by atoms with van der Waals surface area (Å²) in [5, 5.41) is 49.2. The van der Waals surface area contributed by atoms with Crippen LogP contribution in [0.25, 0.3) is 0 Å². The Morgan fingerprint density at radius 3 is 2.11 bits per heavy atom. The van der Waals surface area contributed by atoms with E-state index in [4.69, 9.17) is 9.29 Å². The number of rotatable bonds is 3. The summed E-state index contributed by atoms with van der Waals surface area (Å²) in [5.41, 5.74) is -0.529. The molecule has 3 rings (SSSR count). The number of ether oxygens (including phenoxy) is 1. The normalized spacial score (nSPS) is 19.3. The second kappa shape index (κ2) is 6.19. The number of carbonyl (C=O) groups is 1. The van der Waals surface area contributed by atoms with Gasteiger partial charge in [0.25, 0.3) is 0 Å². The first-order valence-electron chi connectivity index (χ1n) is 7.15. The Labute approximate surface area is 151 Å². The number of aliphatic hydroxyl groups excluding tert-OH is 1. The van der Waals surface area contributed by atoms with Crippen LogP contribution in [0, 0.1) is 0 Å². The van der Waals surface area contributed by atoms with Crippen molar-refractivity contribution in [3.63, 3.8) is 0 Å². The highest BCUT2D eigenvalue weighted by molar-refractivity contribution is 7.81. The van der Waals surface area contributed by atoms with Crippen LogP contribution in [-0.2, 0) is 10.4 Å². The zero-order valence-corrected chi connectivity index (χ0v) is 13.9. The zero-order chi connectivity index (χ0) is 20.1. The Balaban J connectivity index is 2.05. The molecule has 2 aromatic carbocycles. The van der Waals surface area contributed by atoms with E-state index in [2.05, 4.69) is 4.18 Å². The number of hydrogen-bond acceptors (Lipinski definition) is 10. The highest BCUT2D eigenvalue weighted by Gasteiger charge is 2.40. The first kappa shape index (κ1) is 18.6. The molecule has 0 radical (unpaired) electrons. The van der Waals surface area contributed by atoms with Crippen LogP contribution < -0.4 is 8.92 Å². The van der Waals surface area contributed by atoms with Crippen molar-refractivity contribution in [1.82, 2.24) is 0 Å². The second-order valence-electron chi connectivity index (χ2n) is 5.58. The van der Waals surface area contributed by atoms with Gasteiger partial charge in [-0.25, -0.2) is 0 Å². The predicted molar refractivity (Wildman–Crippen MR) is 85.4 cm³/mol. The molecule has 0 fully saturated rings. The summed E-state index contributed by atoms with van der Waals surface area (Å²) in [5.74, 6) is -5.09. The molecule has 12 heteroatoms. The van der Waals surface area contributed by atoms with E-state index in [0.29, 0.717) is 0 Å². The van der Waals surface area contributed by atoms with Crippen LogP contribution in [-0.4, -0.2) is 50.4 Å². The summed E-state index contributed by atoms with van der Waals surface area (Å²) in [6, 6.07) is 3.55. The number of aliphatic hydroxyl groups is 1. The minimum atomic E-state index is -5.04. The van der Waals surface area contributed by atoms with Gasteiger partial charge in [-0.15, -0.1) is 0 Å². The molecule has 0 amide bonds. The molecule has 1 aliphatic heterocycles. The largest absolute Gasteiger partial charge is 0.508 e. The standard InChI is InChI=1S/C15H12O11S/c16-6-3-7(17)11-10(4-6)25-14(13(21)12(11)20)5-1-8(18)15(9(19)2-5)26-27(22,23)24/h1-4,13-14,16-19,21H,(H,22,23,24). The number of phenols is 4. The van der Waals surface area contributed by atoms with Crippen LogP contribution in [0.2, 0.25) is 0 Å². The minimum Gasteiger partial charge on any atom is -0.508 e. The molecule has 0 aliphatic carbocycles. The summed E-state index contributed by atoms with van der Waals surface area (Å²) in [6.07, 6.45) is -3.34. The van der Waals surface area contributed by atoms with Gasteiger partial charge in [-0.1, -0.05) is 0 Å². The smallest absolute Gasteiger partial charge is 0.446 e. The molecule has 1 aliphatic rings. The molecule has 1 heterocycles. The van der Waals surface area contributed by atoms with Crippen LogP contribution in [0.15, 0.2) is 24.3 Å². The van der Waals surface area contributed by atoms with Crippen molar-refractivity contribution in [2.75, 3.05) is 0 Å². The molecule has 11 nitrogen and oxygen atoms in total. The number of phenolic OH excluding ortho intramolecular Hbond substituents is 4. The summed E-state index contributed by atoms with van der Waals surface area (Å²) < 4.78 is 39.6. The monoisotopic (exact) mass is 400 g/mol. The Kier molecular flexibility index (Phi) is 4.26. The number of fused-ring (bicyclic) bond motifs is 1. The fraction of sp³-hybridized carbons (Fsp3) is 0.133. The molecule has 27 heavy (non-hydrogen) atoms. The van der Waals surface area contributed by atoms with Crippen molar-refractivity contribution in [3.05, 3.63) is 35.4 Å². The van der Waals surface area contributed by atoms with E-state index in [1.807, 2.05) is 0 Å². The van der Waals surface area contributed by atoms with Gasteiger partial charge in [0.1, 0.15) is 22.8 Å². The van der Waals surface area contributed by atoms with Crippen molar-refractivity contribution < 1.29 is 52.2 Å². The number of hydrogen-bond donors (Lipinski definition) is 6. The maximum absolute atomic E-state index is 12.3. The predicted octanol–water partition coefficient (Wildman–Crippen LogP) is 0.368. The lowest BCUT2D eigenvalue weighted by Crippen LogP contribution is -2.36. The molecule has 144 valence electrons. The van der Waals surface area contributed by atoms with Crippen LogP contribution in [0.1, 0.15) is 22.0 Å². The van der Waals surface area contributed by atoms with Gasteiger partial charge in [0.2, 0.25) is 11.5 Å². The maximum atomic E-state index is 12.3. The minimum absolute atomic E-state index is 0.165. The number of ketones is 1. The van der Waals surface area contributed by atoms with E-state index in [-0.39, 0.29) is 16.9 Å². The van der Waals surface area contributed by atoms with E-state index in [0.717, 1.165) is 24.3 Å². The SMILES string of the molecule is O=C1c2c(O)cc(O)cc2OC(c2cc(O)c(OS(=O)(=O)O)c(O)c2)C1O. The Morgan fingerprint density at radius 2 is 1.56 bits per heavy atom. The van der Waals surface area contributed by atoms with Crippen molar-refractivity contribution in [1.29, 1.82) is 0 Å². The van der Waals surface area contributed by atoms with Gasteiger partial charge in [-0.3, -0.25) is 9.35 Å².